The van der Waals surface area contributed by atoms with Gasteiger partial charge in [-0.3, -0.25) is 0 Å². The van der Waals surface area contributed by atoms with Crippen molar-refractivity contribution in [2.75, 3.05) is 14.2 Å². The largest absolute Gasteiger partial charge is 0.356 e. The van der Waals surface area contributed by atoms with Gasteiger partial charge in [0.15, 0.2) is 6.29 Å². The van der Waals surface area contributed by atoms with Crippen molar-refractivity contribution in [1.29, 1.82) is 0 Å². The molecule has 0 aromatic rings. The van der Waals surface area contributed by atoms with Crippen LogP contribution in [0.25, 0.3) is 0 Å². The van der Waals surface area contributed by atoms with Gasteiger partial charge in [-0.15, -0.1) is 0 Å². The molecule has 0 radical (unpaired) electrons. The van der Waals surface area contributed by atoms with Crippen molar-refractivity contribution >= 4 is 0 Å². The van der Waals surface area contributed by atoms with Crippen LogP contribution in [0, 0.1) is 5.41 Å². The van der Waals surface area contributed by atoms with E-state index in [1.807, 2.05) is 0 Å². The van der Waals surface area contributed by atoms with Gasteiger partial charge in [-0.25, -0.2) is 0 Å². The van der Waals surface area contributed by atoms with Crippen LogP contribution in [0.15, 0.2) is 0 Å². The van der Waals surface area contributed by atoms with Crippen molar-refractivity contribution in [3.05, 3.63) is 0 Å². The van der Waals surface area contributed by atoms with Crippen LogP contribution in [0.3, 0.4) is 0 Å². The number of hydrogen-bond acceptors (Lipinski definition) is 3. The van der Waals surface area contributed by atoms with Gasteiger partial charge < -0.3 is 15.2 Å². The molecule has 1 fully saturated rings. The zero-order valence-corrected chi connectivity index (χ0v) is 10.3. The second-order valence-corrected chi connectivity index (χ2v) is 4.82. The van der Waals surface area contributed by atoms with Crippen LogP contribution >= 0.6 is 0 Å². The van der Waals surface area contributed by atoms with Crippen molar-refractivity contribution in [2.45, 2.75) is 57.8 Å². The van der Waals surface area contributed by atoms with Gasteiger partial charge in [-0.2, -0.15) is 0 Å². The van der Waals surface area contributed by atoms with Crippen LogP contribution in [-0.2, 0) is 9.47 Å². The smallest absolute Gasteiger partial charge is 0.157 e. The van der Waals surface area contributed by atoms with Crippen LogP contribution in [0.5, 0.6) is 0 Å². The van der Waals surface area contributed by atoms with E-state index in [2.05, 4.69) is 6.92 Å². The van der Waals surface area contributed by atoms with Crippen molar-refractivity contribution in [1.82, 2.24) is 0 Å². The molecule has 0 aliphatic heterocycles. The Balaban J connectivity index is 2.63. The Bertz CT molecular complexity index is 172. The summed E-state index contributed by atoms with van der Waals surface area (Å²) in [5.74, 6) is 0. The Labute approximate surface area is 93.3 Å². The summed E-state index contributed by atoms with van der Waals surface area (Å²) < 4.78 is 10.6. The highest BCUT2D eigenvalue weighted by Crippen LogP contribution is 2.42. The average Bonchev–Trinajstić information content (AvgIpc) is 2.27. The Morgan fingerprint density at radius 1 is 1.13 bits per heavy atom. The molecule has 1 aliphatic carbocycles. The van der Waals surface area contributed by atoms with Gasteiger partial charge in [-0.1, -0.05) is 19.3 Å². The molecule has 15 heavy (non-hydrogen) atoms. The third-order valence-corrected chi connectivity index (χ3v) is 3.91. The van der Waals surface area contributed by atoms with E-state index in [1.165, 1.54) is 32.1 Å². The van der Waals surface area contributed by atoms with Crippen molar-refractivity contribution in [3.63, 3.8) is 0 Å². The van der Waals surface area contributed by atoms with Gasteiger partial charge in [0.1, 0.15) is 0 Å². The molecule has 1 rings (SSSR count). The molecule has 0 bridgehead atoms. The van der Waals surface area contributed by atoms with E-state index in [4.69, 9.17) is 15.2 Å². The van der Waals surface area contributed by atoms with Crippen molar-refractivity contribution in [3.8, 4) is 0 Å². The minimum absolute atomic E-state index is 0.103. The van der Waals surface area contributed by atoms with E-state index < -0.39 is 0 Å². The van der Waals surface area contributed by atoms with Gasteiger partial charge in [-0.05, 0) is 25.2 Å². The molecule has 1 aliphatic rings. The van der Waals surface area contributed by atoms with E-state index in [-0.39, 0.29) is 17.7 Å². The number of ether oxygens (including phenoxy) is 2. The first kappa shape index (κ1) is 12.9. The molecule has 2 N–H and O–H groups in total. The standard InChI is InChI=1S/C12H25NO2/c1-10(13)12(7-5-4-6-8-12)9-11(14-2)15-3/h10-11H,4-9,13H2,1-3H3. The van der Waals surface area contributed by atoms with E-state index in [1.54, 1.807) is 14.2 Å². The molecular formula is C12H25NO2. The molecule has 0 saturated heterocycles. The fourth-order valence-electron chi connectivity index (χ4n) is 2.70. The Kier molecular flexibility index (Phi) is 5.03. The lowest BCUT2D eigenvalue weighted by Gasteiger charge is -2.42. The molecule has 1 saturated carbocycles. The summed E-state index contributed by atoms with van der Waals surface area (Å²) in [7, 11) is 3.40. The van der Waals surface area contributed by atoms with E-state index in [0.717, 1.165) is 6.42 Å². The quantitative estimate of drug-likeness (QED) is 0.716. The fourth-order valence-corrected chi connectivity index (χ4v) is 2.70. The molecule has 0 amide bonds. The molecule has 0 heterocycles. The van der Waals surface area contributed by atoms with Crippen LogP contribution in [0.2, 0.25) is 0 Å². The Hall–Kier alpha value is -0.120. The van der Waals surface area contributed by atoms with E-state index >= 15 is 0 Å². The summed E-state index contributed by atoms with van der Waals surface area (Å²) in [5, 5.41) is 0. The maximum absolute atomic E-state index is 6.15. The highest BCUT2D eigenvalue weighted by molar-refractivity contribution is 4.90. The molecule has 0 spiro atoms. The summed E-state index contributed by atoms with van der Waals surface area (Å²) in [5.41, 5.74) is 6.38. The zero-order chi connectivity index (χ0) is 11.3. The van der Waals surface area contributed by atoms with E-state index in [0.29, 0.717) is 0 Å². The number of methoxy groups -OCH3 is 2. The maximum atomic E-state index is 6.15. The third-order valence-electron chi connectivity index (χ3n) is 3.91. The first-order valence-electron chi connectivity index (χ1n) is 5.96. The minimum atomic E-state index is -0.103. The zero-order valence-electron chi connectivity index (χ0n) is 10.3. The maximum Gasteiger partial charge on any atom is 0.157 e. The molecule has 0 aromatic carbocycles. The van der Waals surface area contributed by atoms with Crippen LogP contribution < -0.4 is 5.73 Å². The predicted molar refractivity (Wildman–Crippen MR) is 61.6 cm³/mol. The first-order chi connectivity index (χ1) is 7.14. The fraction of sp³-hybridized carbons (Fsp3) is 1.00. The SMILES string of the molecule is COC(CC1(C(C)N)CCCCC1)OC. The second kappa shape index (κ2) is 5.83. The van der Waals surface area contributed by atoms with Gasteiger partial charge >= 0.3 is 0 Å². The average molecular weight is 215 g/mol. The molecule has 3 heteroatoms. The van der Waals surface area contributed by atoms with Gasteiger partial charge in [0, 0.05) is 26.7 Å². The van der Waals surface area contributed by atoms with E-state index in [9.17, 15) is 0 Å². The first-order valence-corrected chi connectivity index (χ1v) is 5.96. The highest BCUT2D eigenvalue weighted by Gasteiger charge is 2.37. The Morgan fingerprint density at radius 2 is 1.67 bits per heavy atom. The summed E-state index contributed by atoms with van der Waals surface area (Å²) in [6, 6.07) is 0.227. The Morgan fingerprint density at radius 3 is 2.07 bits per heavy atom. The third kappa shape index (κ3) is 3.16. The summed E-state index contributed by atoms with van der Waals surface area (Å²) in [6.07, 6.45) is 7.19. The number of rotatable bonds is 5. The minimum Gasteiger partial charge on any atom is -0.356 e. The lowest BCUT2D eigenvalue weighted by Crippen LogP contribution is -2.44. The van der Waals surface area contributed by atoms with Gasteiger partial charge in [0.05, 0.1) is 0 Å². The van der Waals surface area contributed by atoms with Crippen LogP contribution in [0.4, 0.5) is 0 Å². The normalized spacial score (nSPS) is 23.0. The van der Waals surface area contributed by atoms with Gasteiger partial charge in [0.2, 0.25) is 0 Å². The molecule has 0 aromatic heterocycles. The monoisotopic (exact) mass is 215 g/mol. The van der Waals surface area contributed by atoms with Crippen LogP contribution in [0.1, 0.15) is 45.4 Å². The van der Waals surface area contributed by atoms with Crippen molar-refractivity contribution in [2.24, 2.45) is 11.1 Å². The number of nitrogens with two attached hydrogens (primary N) is 1. The lowest BCUT2D eigenvalue weighted by atomic mass is 9.67. The molecule has 1 unspecified atom stereocenters. The molecule has 1 atom stereocenters. The topological polar surface area (TPSA) is 44.5 Å². The lowest BCUT2D eigenvalue weighted by molar-refractivity contribution is -0.132. The molecular weight excluding hydrogens is 190 g/mol. The predicted octanol–water partition coefficient (Wildman–Crippen LogP) is 2.29. The summed E-state index contributed by atoms with van der Waals surface area (Å²) >= 11 is 0. The number of hydrogen-bond donors (Lipinski definition) is 1. The summed E-state index contributed by atoms with van der Waals surface area (Å²) in [4.78, 5) is 0. The summed E-state index contributed by atoms with van der Waals surface area (Å²) in [6.45, 7) is 2.12. The molecule has 90 valence electrons. The molecule has 3 nitrogen and oxygen atoms in total. The van der Waals surface area contributed by atoms with Crippen molar-refractivity contribution < 1.29 is 9.47 Å². The second-order valence-electron chi connectivity index (χ2n) is 4.82. The van der Waals surface area contributed by atoms with Crippen LogP contribution in [-0.4, -0.2) is 26.6 Å². The highest BCUT2D eigenvalue weighted by atomic mass is 16.7. The van der Waals surface area contributed by atoms with Gasteiger partial charge in [0.25, 0.3) is 0 Å².